The summed E-state index contributed by atoms with van der Waals surface area (Å²) in [5.41, 5.74) is 4.81. The first-order valence-corrected chi connectivity index (χ1v) is 12.7. The number of carbonyl (C=O) groups is 1. The zero-order chi connectivity index (χ0) is 25.8. The minimum Gasteiger partial charge on any atom is -0.444 e. The third kappa shape index (κ3) is 5.91. The van der Waals surface area contributed by atoms with E-state index in [4.69, 9.17) is 19.4 Å². The van der Waals surface area contributed by atoms with Gasteiger partial charge in [0.1, 0.15) is 11.4 Å². The van der Waals surface area contributed by atoms with Gasteiger partial charge in [-0.05, 0) is 44.4 Å². The van der Waals surface area contributed by atoms with Crippen molar-refractivity contribution in [1.29, 1.82) is 0 Å². The number of fused-ring (bicyclic) bond motifs is 2. The molecule has 4 aromatic rings. The van der Waals surface area contributed by atoms with Crippen LogP contribution >= 0.6 is 0 Å². The van der Waals surface area contributed by atoms with Gasteiger partial charge in [0.15, 0.2) is 0 Å². The molecule has 37 heavy (non-hydrogen) atoms. The number of alkyl carbamates (subject to hydrolysis) is 1. The summed E-state index contributed by atoms with van der Waals surface area (Å²) in [5, 5.41) is 7.48. The van der Waals surface area contributed by atoms with Crippen LogP contribution in [0.15, 0.2) is 60.8 Å². The number of nitrogens with one attached hydrogen (secondary N) is 2. The topological polar surface area (TPSA) is 90.3 Å². The zero-order valence-electron chi connectivity index (χ0n) is 21.6. The van der Waals surface area contributed by atoms with E-state index in [0.29, 0.717) is 38.7 Å². The van der Waals surface area contributed by atoms with Gasteiger partial charge in [-0.15, -0.1) is 0 Å². The molecule has 5 rings (SSSR count). The van der Waals surface area contributed by atoms with Crippen LogP contribution < -0.4 is 10.6 Å². The molecule has 8 heteroatoms. The van der Waals surface area contributed by atoms with E-state index in [1.807, 2.05) is 55.7 Å². The molecule has 2 aromatic carbocycles. The molecule has 2 aromatic heterocycles. The molecule has 0 spiro atoms. The van der Waals surface area contributed by atoms with Gasteiger partial charge < -0.3 is 20.1 Å². The monoisotopic (exact) mass is 499 g/mol. The molecule has 0 bridgehead atoms. The molecule has 1 aliphatic heterocycles. The molecule has 0 unspecified atom stereocenters. The fourth-order valence-corrected chi connectivity index (χ4v) is 4.48. The lowest BCUT2D eigenvalue weighted by molar-refractivity contribution is 0.0528. The summed E-state index contributed by atoms with van der Waals surface area (Å²) < 4.78 is 13.1. The van der Waals surface area contributed by atoms with Crippen molar-refractivity contribution in [3.05, 3.63) is 83.2 Å². The highest BCUT2D eigenvalue weighted by Crippen LogP contribution is 2.28. The van der Waals surface area contributed by atoms with Crippen molar-refractivity contribution in [1.82, 2.24) is 19.9 Å². The summed E-state index contributed by atoms with van der Waals surface area (Å²) in [4.78, 5) is 22.0. The molecule has 0 fully saturated rings. The van der Waals surface area contributed by atoms with Gasteiger partial charge >= 0.3 is 6.09 Å². The first-order valence-electron chi connectivity index (χ1n) is 12.7. The van der Waals surface area contributed by atoms with E-state index < -0.39 is 11.7 Å². The Bertz CT molecular complexity index is 1390. The van der Waals surface area contributed by atoms with Crippen LogP contribution in [-0.2, 0) is 35.5 Å². The maximum absolute atomic E-state index is 12.1. The Balaban J connectivity index is 1.43. The molecule has 2 N–H and O–H groups in total. The largest absolute Gasteiger partial charge is 0.444 e. The Morgan fingerprint density at radius 2 is 1.86 bits per heavy atom. The highest BCUT2D eigenvalue weighted by molar-refractivity contribution is 5.85. The fraction of sp³-hybridized carbons (Fsp3) is 0.345. The zero-order valence-corrected chi connectivity index (χ0v) is 21.6. The van der Waals surface area contributed by atoms with Gasteiger partial charge in [0.05, 0.1) is 24.4 Å². The van der Waals surface area contributed by atoms with Crippen LogP contribution in [0.4, 0.5) is 10.6 Å². The first-order chi connectivity index (χ1) is 17.9. The second kappa shape index (κ2) is 10.6. The SMILES string of the molecule is CC(C)(C)OC(=O)NCCc1cn(-c2nc3c(c(NCc4ccccc4)n2)COCC3)c2ccccc12. The second-order valence-electron chi connectivity index (χ2n) is 10.2. The maximum atomic E-state index is 12.1. The quantitative estimate of drug-likeness (QED) is 0.365. The molecule has 0 radical (unpaired) electrons. The summed E-state index contributed by atoms with van der Waals surface area (Å²) in [6.07, 6.45) is 3.07. The average molecular weight is 500 g/mol. The van der Waals surface area contributed by atoms with Gasteiger partial charge in [-0.3, -0.25) is 4.57 Å². The van der Waals surface area contributed by atoms with E-state index in [1.165, 1.54) is 5.56 Å². The molecular weight excluding hydrogens is 466 g/mol. The van der Waals surface area contributed by atoms with E-state index in [1.54, 1.807) is 0 Å². The highest BCUT2D eigenvalue weighted by Gasteiger charge is 2.21. The molecule has 1 amide bonds. The number of hydrogen-bond acceptors (Lipinski definition) is 6. The van der Waals surface area contributed by atoms with Crippen molar-refractivity contribution in [2.75, 3.05) is 18.5 Å². The Morgan fingerprint density at radius 3 is 2.68 bits per heavy atom. The molecular formula is C29H33N5O3. The van der Waals surface area contributed by atoms with Gasteiger partial charge in [0.2, 0.25) is 5.95 Å². The van der Waals surface area contributed by atoms with E-state index in [0.717, 1.165) is 40.0 Å². The van der Waals surface area contributed by atoms with Gasteiger partial charge in [-0.25, -0.2) is 9.78 Å². The van der Waals surface area contributed by atoms with Crippen molar-refractivity contribution >= 4 is 22.8 Å². The lowest BCUT2D eigenvalue weighted by Gasteiger charge is -2.20. The Labute approximate surface area is 217 Å². The van der Waals surface area contributed by atoms with Gasteiger partial charge in [-0.2, -0.15) is 4.98 Å². The fourth-order valence-electron chi connectivity index (χ4n) is 4.48. The van der Waals surface area contributed by atoms with E-state index >= 15 is 0 Å². The van der Waals surface area contributed by atoms with E-state index in [-0.39, 0.29) is 0 Å². The molecule has 0 saturated heterocycles. The van der Waals surface area contributed by atoms with Crippen LogP contribution in [0.25, 0.3) is 16.9 Å². The summed E-state index contributed by atoms with van der Waals surface area (Å²) in [6, 6.07) is 18.5. The number of amides is 1. The van der Waals surface area contributed by atoms with Crippen molar-refractivity contribution in [2.45, 2.75) is 52.4 Å². The van der Waals surface area contributed by atoms with Crippen molar-refractivity contribution in [3.63, 3.8) is 0 Å². The van der Waals surface area contributed by atoms with E-state index in [2.05, 4.69) is 41.1 Å². The number of carbonyl (C=O) groups excluding carboxylic acids is 1. The van der Waals surface area contributed by atoms with Crippen LogP contribution in [0, 0.1) is 0 Å². The minimum absolute atomic E-state index is 0.411. The molecule has 0 saturated carbocycles. The number of para-hydroxylation sites is 1. The van der Waals surface area contributed by atoms with Crippen LogP contribution in [-0.4, -0.2) is 39.4 Å². The van der Waals surface area contributed by atoms with Crippen molar-refractivity contribution in [3.8, 4) is 5.95 Å². The number of rotatable bonds is 7. The number of ether oxygens (including phenoxy) is 2. The number of nitrogens with zero attached hydrogens (tertiary/aromatic N) is 3. The average Bonchev–Trinajstić information content (AvgIpc) is 3.25. The predicted octanol–water partition coefficient (Wildman–Crippen LogP) is 5.17. The third-order valence-corrected chi connectivity index (χ3v) is 6.19. The third-order valence-electron chi connectivity index (χ3n) is 6.19. The van der Waals surface area contributed by atoms with Gasteiger partial charge in [0, 0.05) is 36.7 Å². The lowest BCUT2D eigenvalue weighted by Crippen LogP contribution is -2.33. The van der Waals surface area contributed by atoms with Crippen molar-refractivity contribution in [2.24, 2.45) is 0 Å². The summed E-state index contributed by atoms with van der Waals surface area (Å²) >= 11 is 0. The van der Waals surface area contributed by atoms with Crippen LogP contribution in [0.2, 0.25) is 0 Å². The molecule has 0 atom stereocenters. The molecule has 1 aliphatic rings. The minimum atomic E-state index is -0.527. The van der Waals surface area contributed by atoms with Crippen LogP contribution in [0.5, 0.6) is 0 Å². The van der Waals surface area contributed by atoms with E-state index in [9.17, 15) is 4.79 Å². The summed E-state index contributed by atoms with van der Waals surface area (Å²) in [7, 11) is 0. The lowest BCUT2D eigenvalue weighted by atomic mass is 10.1. The van der Waals surface area contributed by atoms with Gasteiger partial charge in [-0.1, -0.05) is 48.5 Å². The second-order valence-corrected chi connectivity index (χ2v) is 10.2. The van der Waals surface area contributed by atoms with Gasteiger partial charge in [0.25, 0.3) is 0 Å². The molecule has 3 heterocycles. The molecule has 0 aliphatic carbocycles. The highest BCUT2D eigenvalue weighted by atomic mass is 16.6. The number of hydrogen-bond donors (Lipinski definition) is 2. The normalized spacial score (nSPS) is 13.3. The number of anilines is 1. The Kier molecular flexibility index (Phi) is 7.10. The van der Waals surface area contributed by atoms with Crippen LogP contribution in [0.3, 0.4) is 0 Å². The summed E-state index contributed by atoms with van der Waals surface area (Å²) in [5.74, 6) is 1.42. The molecule has 192 valence electrons. The molecule has 8 nitrogen and oxygen atoms in total. The number of aromatic nitrogens is 3. The Hall–Kier alpha value is -3.91. The summed E-state index contributed by atoms with van der Waals surface area (Å²) in [6.45, 7) is 7.85. The first kappa shape index (κ1) is 24.8. The standard InChI is InChI=1S/C29H33N5O3/c1-29(2,3)37-28(35)30-15-13-21-18-34(25-12-8-7-11-22(21)25)27-32-24-14-16-36-19-23(24)26(33-27)31-17-20-9-5-4-6-10-20/h4-12,18H,13-17,19H2,1-3H3,(H,30,35)(H,31,32,33). The van der Waals surface area contributed by atoms with Crippen molar-refractivity contribution < 1.29 is 14.3 Å². The predicted molar refractivity (Wildman–Crippen MR) is 144 cm³/mol. The Morgan fingerprint density at radius 1 is 1.08 bits per heavy atom. The van der Waals surface area contributed by atoms with Crippen LogP contribution in [0.1, 0.15) is 43.2 Å². The maximum Gasteiger partial charge on any atom is 0.407 e. The smallest absolute Gasteiger partial charge is 0.407 e. The number of benzene rings is 2.